The van der Waals surface area contributed by atoms with Gasteiger partial charge in [-0.3, -0.25) is 4.79 Å². The number of nitrogens with zero attached hydrogens (tertiary/aromatic N) is 3. The maximum Gasteiger partial charge on any atom is 0.417 e. The van der Waals surface area contributed by atoms with Crippen LogP contribution in [0, 0.1) is 5.82 Å². The second-order valence-corrected chi connectivity index (χ2v) is 7.44. The lowest BCUT2D eigenvalue weighted by Crippen LogP contribution is -2.49. The Balaban J connectivity index is 1.99. The summed E-state index contributed by atoms with van der Waals surface area (Å²) in [5, 5.41) is -0.102. The van der Waals surface area contributed by atoms with Crippen molar-refractivity contribution < 1.29 is 18.7 Å². The van der Waals surface area contributed by atoms with Crippen molar-refractivity contribution >= 4 is 23.6 Å². The van der Waals surface area contributed by atoms with Crippen molar-refractivity contribution in [2.24, 2.45) is 0 Å². The van der Waals surface area contributed by atoms with Gasteiger partial charge in [0.1, 0.15) is 11.3 Å². The second-order valence-electron chi connectivity index (χ2n) is 7.10. The number of carbonyl (C=O) groups excluding carboxylic acids is 2. The Morgan fingerprint density at radius 2 is 2.15 bits per heavy atom. The minimum Gasteiger partial charge on any atom is -0.443 e. The normalized spacial score (nSPS) is 17.2. The summed E-state index contributed by atoms with van der Waals surface area (Å²) in [6, 6.07) is -0.459. The number of nitrogens with one attached hydrogen (secondary N) is 1. The Morgan fingerprint density at radius 1 is 1.46 bits per heavy atom. The first-order valence-corrected chi connectivity index (χ1v) is 8.41. The number of ether oxygens (including phenoxy) is 1. The van der Waals surface area contributed by atoms with E-state index in [1.54, 1.807) is 27.7 Å². The van der Waals surface area contributed by atoms with Gasteiger partial charge in [-0.1, -0.05) is 0 Å². The third-order valence-corrected chi connectivity index (χ3v) is 4.10. The molecule has 1 aliphatic heterocycles. The average molecular weight is 381 g/mol. The van der Waals surface area contributed by atoms with Gasteiger partial charge in [-0.25, -0.2) is 24.1 Å². The monoisotopic (exact) mass is 380 g/mol. The van der Waals surface area contributed by atoms with E-state index >= 15 is 0 Å². The van der Waals surface area contributed by atoms with Crippen LogP contribution >= 0.6 is 11.6 Å². The van der Waals surface area contributed by atoms with Crippen LogP contribution in [0.1, 0.15) is 43.6 Å². The van der Waals surface area contributed by atoms with Crippen LogP contribution < -0.4 is 0 Å². The van der Waals surface area contributed by atoms with Crippen LogP contribution in [0.3, 0.4) is 0 Å². The van der Waals surface area contributed by atoms with Crippen LogP contribution in [-0.2, 0) is 11.2 Å². The summed E-state index contributed by atoms with van der Waals surface area (Å²) in [5.74, 6) is -1.16. The van der Waals surface area contributed by atoms with Crippen LogP contribution in [0.5, 0.6) is 0 Å². The fourth-order valence-electron chi connectivity index (χ4n) is 2.88. The van der Waals surface area contributed by atoms with Crippen molar-refractivity contribution in [2.45, 2.75) is 45.8 Å². The quantitative estimate of drug-likeness (QED) is 0.764. The molecule has 7 nitrogen and oxygen atoms in total. The van der Waals surface area contributed by atoms with Crippen molar-refractivity contribution in [3.63, 3.8) is 0 Å². The zero-order chi connectivity index (χ0) is 19.2. The number of H-pyrrole nitrogens is 1. The molecule has 3 heterocycles. The lowest BCUT2D eigenvalue weighted by Gasteiger charge is -2.33. The van der Waals surface area contributed by atoms with Crippen LogP contribution in [-0.4, -0.2) is 43.5 Å². The fraction of sp³-hybridized carbons (Fsp3) is 0.412. The van der Waals surface area contributed by atoms with Crippen molar-refractivity contribution in [1.29, 1.82) is 0 Å². The Labute approximate surface area is 154 Å². The second kappa shape index (κ2) is 6.35. The van der Waals surface area contributed by atoms with E-state index in [-0.39, 0.29) is 16.5 Å². The molecule has 2 aromatic rings. The molecule has 1 N–H and O–H groups in total. The molecule has 3 rings (SSSR count). The molecular formula is C17H18ClFN4O3. The van der Waals surface area contributed by atoms with Crippen LogP contribution in [0.25, 0.3) is 11.4 Å². The molecule has 0 radical (unpaired) electrons. The van der Waals surface area contributed by atoms with E-state index in [2.05, 4.69) is 15.0 Å². The Morgan fingerprint density at radius 3 is 2.81 bits per heavy atom. The first-order valence-electron chi connectivity index (χ1n) is 8.03. The van der Waals surface area contributed by atoms with Crippen molar-refractivity contribution in [3.8, 4) is 11.4 Å². The lowest BCUT2D eigenvalue weighted by molar-refractivity contribution is 0.0166. The molecule has 0 saturated heterocycles. The SMILES string of the molecule is CC1Cc2c(c[nH]c2-c2nc(Cl)ncc2F)C(=O)N1C(=O)OC(C)(C)C. The van der Waals surface area contributed by atoms with Crippen LogP contribution in [0.2, 0.25) is 5.28 Å². The van der Waals surface area contributed by atoms with Gasteiger partial charge in [0.25, 0.3) is 5.91 Å². The van der Waals surface area contributed by atoms with E-state index in [0.29, 0.717) is 17.7 Å². The maximum absolute atomic E-state index is 14.1. The van der Waals surface area contributed by atoms with Gasteiger partial charge in [0.05, 0.1) is 17.5 Å². The third kappa shape index (κ3) is 3.29. The van der Waals surface area contributed by atoms with Gasteiger partial charge in [0.2, 0.25) is 5.28 Å². The molecule has 2 amide bonds. The molecule has 1 unspecified atom stereocenters. The van der Waals surface area contributed by atoms with Gasteiger partial charge in [-0.05, 0) is 51.3 Å². The smallest absolute Gasteiger partial charge is 0.417 e. The number of carbonyl (C=O) groups is 2. The van der Waals surface area contributed by atoms with Gasteiger partial charge in [0, 0.05) is 12.2 Å². The number of aromatic amines is 1. The molecule has 0 spiro atoms. The third-order valence-electron chi connectivity index (χ3n) is 3.92. The Bertz CT molecular complexity index is 891. The zero-order valence-corrected chi connectivity index (χ0v) is 15.5. The van der Waals surface area contributed by atoms with E-state index in [4.69, 9.17) is 16.3 Å². The molecule has 0 fully saturated rings. The van der Waals surface area contributed by atoms with Crippen LogP contribution in [0.15, 0.2) is 12.4 Å². The minimum atomic E-state index is -0.721. The summed E-state index contributed by atoms with van der Waals surface area (Å²) < 4.78 is 19.4. The zero-order valence-electron chi connectivity index (χ0n) is 14.8. The molecular weight excluding hydrogens is 363 g/mol. The molecule has 1 atom stereocenters. The number of hydrogen-bond donors (Lipinski definition) is 1. The summed E-state index contributed by atoms with van der Waals surface area (Å²) >= 11 is 5.76. The van der Waals surface area contributed by atoms with E-state index in [9.17, 15) is 14.0 Å². The molecule has 0 aromatic carbocycles. The molecule has 0 aliphatic carbocycles. The number of hydrogen-bond acceptors (Lipinski definition) is 5. The molecule has 9 heteroatoms. The Kier molecular flexibility index (Phi) is 4.47. The summed E-state index contributed by atoms with van der Waals surface area (Å²) in [6.07, 6.45) is 2.03. The molecule has 138 valence electrons. The van der Waals surface area contributed by atoms with Crippen molar-refractivity contribution in [2.75, 3.05) is 0 Å². The van der Waals surface area contributed by atoms with Crippen molar-refractivity contribution in [3.05, 3.63) is 34.6 Å². The summed E-state index contributed by atoms with van der Waals surface area (Å²) in [4.78, 5) is 36.6. The van der Waals surface area contributed by atoms with Crippen LogP contribution in [0.4, 0.5) is 9.18 Å². The molecule has 0 bridgehead atoms. The highest BCUT2D eigenvalue weighted by atomic mass is 35.5. The first kappa shape index (κ1) is 18.3. The van der Waals surface area contributed by atoms with E-state index in [1.807, 2.05) is 0 Å². The van der Waals surface area contributed by atoms with E-state index in [1.165, 1.54) is 6.20 Å². The summed E-state index contributed by atoms with van der Waals surface area (Å²) in [5.41, 5.74) is 0.471. The summed E-state index contributed by atoms with van der Waals surface area (Å²) in [7, 11) is 0. The number of imide groups is 1. The van der Waals surface area contributed by atoms with Gasteiger partial charge in [-0.2, -0.15) is 0 Å². The first-order chi connectivity index (χ1) is 12.1. The van der Waals surface area contributed by atoms with Gasteiger partial charge in [0.15, 0.2) is 5.82 Å². The predicted octanol–water partition coefficient (Wildman–Crippen LogP) is 3.59. The minimum absolute atomic E-state index is 0.0167. The molecule has 26 heavy (non-hydrogen) atoms. The number of rotatable bonds is 1. The van der Waals surface area contributed by atoms with Gasteiger partial charge >= 0.3 is 6.09 Å². The average Bonchev–Trinajstić information content (AvgIpc) is 2.91. The number of aromatic nitrogens is 3. The lowest BCUT2D eigenvalue weighted by atomic mass is 9.95. The predicted molar refractivity (Wildman–Crippen MR) is 92.4 cm³/mol. The summed E-state index contributed by atoms with van der Waals surface area (Å²) in [6.45, 7) is 6.91. The molecule has 0 saturated carbocycles. The standard InChI is InChI=1S/C17H18ClFN4O3/c1-8-5-9-10(14(24)23(8)16(25)26-17(2,3)4)6-20-12(9)13-11(19)7-21-15(18)22-13/h6-8,20H,5H2,1-4H3. The molecule has 1 aliphatic rings. The molecule has 2 aromatic heterocycles. The van der Waals surface area contributed by atoms with E-state index < -0.39 is 29.5 Å². The highest BCUT2D eigenvalue weighted by molar-refractivity contribution is 6.28. The van der Waals surface area contributed by atoms with Gasteiger partial charge in [-0.15, -0.1) is 0 Å². The highest BCUT2D eigenvalue weighted by Gasteiger charge is 2.39. The highest BCUT2D eigenvalue weighted by Crippen LogP contribution is 2.33. The van der Waals surface area contributed by atoms with E-state index in [0.717, 1.165) is 11.1 Å². The van der Waals surface area contributed by atoms with Gasteiger partial charge < -0.3 is 9.72 Å². The Hall–Kier alpha value is -2.48. The fourth-order valence-corrected chi connectivity index (χ4v) is 3.01. The maximum atomic E-state index is 14.1. The number of fused-ring (bicyclic) bond motifs is 1. The van der Waals surface area contributed by atoms with Crippen molar-refractivity contribution in [1.82, 2.24) is 19.9 Å². The number of amides is 2. The largest absolute Gasteiger partial charge is 0.443 e. The number of halogens is 2. The topological polar surface area (TPSA) is 88.2 Å².